The van der Waals surface area contributed by atoms with Gasteiger partial charge in [-0.3, -0.25) is 0 Å². The molecule has 2 aromatic rings. The Bertz CT molecular complexity index is 579. The van der Waals surface area contributed by atoms with Crippen molar-refractivity contribution in [3.8, 4) is 0 Å². The van der Waals surface area contributed by atoms with Crippen LogP contribution in [0, 0.1) is 0 Å². The molecule has 0 aliphatic rings. The lowest BCUT2D eigenvalue weighted by molar-refractivity contribution is 0.0721. The summed E-state index contributed by atoms with van der Waals surface area (Å²) in [5, 5.41) is 0.613. The smallest absolute Gasteiger partial charge is 0.324 e. The summed E-state index contributed by atoms with van der Waals surface area (Å²) in [6.45, 7) is 4.10. The molecule has 20 heavy (non-hydrogen) atoms. The van der Waals surface area contributed by atoms with Crippen molar-refractivity contribution in [3.05, 3.63) is 70.7 Å². The molecule has 0 aliphatic heterocycles. The molecule has 4 heteroatoms. The minimum absolute atomic E-state index is 0.269. The van der Waals surface area contributed by atoms with E-state index in [9.17, 15) is 4.79 Å². The number of hydrogen-bond donors (Lipinski definition) is 0. The maximum absolute atomic E-state index is 12.1. The Labute approximate surface area is 125 Å². The highest BCUT2D eigenvalue weighted by atomic mass is 35.5. The van der Waals surface area contributed by atoms with Gasteiger partial charge in [0.15, 0.2) is 0 Å². The largest absolute Gasteiger partial charge is 0.516 e. The van der Waals surface area contributed by atoms with Crippen molar-refractivity contribution in [2.24, 2.45) is 0 Å². The van der Waals surface area contributed by atoms with Crippen molar-refractivity contribution in [2.45, 2.75) is 19.1 Å². The van der Waals surface area contributed by atoms with Crippen LogP contribution in [0.5, 0.6) is 0 Å². The van der Waals surface area contributed by atoms with Crippen LogP contribution in [-0.2, 0) is 10.5 Å². The minimum Gasteiger partial charge on any atom is -0.516 e. The van der Waals surface area contributed by atoms with Gasteiger partial charge in [0.25, 0.3) is 8.32 Å². The van der Waals surface area contributed by atoms with E-state index in [4.69, 9.17) is 16.0 Å². The fraction of sp³-hybridized carbons (Fsp3) is 0.188. The van der Waals surface area contributed by atoms with Crippen LogP contribution in [0.1, 0.15) is 15.9 Å². The molecule has 0 heterocycles. The van der Waals surface area contributed by atoms with Gasteiger partial charge in [-0.2, -0.15) is 0 Å². The van der Waals surface area contributed by atoms with E-state index in [0.29, 0.717) is 10.6 Å². The molecule has 2 nitrogen and oxygen atoms in total. The molecule has 0 aliphatic carbocycles. The quantitative estimate of drug-likeness (QED) is 0.778. The fourth-order valence-corrected chi connectivity index (χ4v) is 4.06. The van der Waals surface area contributed by atoms with Gasteiger partial charge >= 0.3 is 5.97 Å². The van der Waals surface area contributed by atoms with E-state index in [2.05, 4.69) is 12.1 Å². The van der Waals surface area contributed by atoms with Gasteiger partial charge in [0.1, 0.15) is 0 Å². The molecule has 0 bridgehead atoms. The molecule has 0 radical (unpaired) electrons. The third kappa shape index (κ3) is 4.22. The standard InChI is InChI=1S/C16H17ClO2Si/c1-20(2,12-13-6-4-3-5-7-13)19-16(18)14-8-10-15(17)11-9-14/h3-11H,12H2,1-2H3. The van der Waals surface area contributed by atoms with Crippen molar-refractivity contribution in [2.75, 3.05) is 0 Å². The van der Waals surface area contributed by atoms with Crippen LogP contribution >= 0.6 is 11.6 Å². The zero-order valence-electron chi connectivity index (χ0n) is 11.6. The number of halogens is 1. The number of carbonyl (C=O) groups is 1. The van der Waals surface area contributed by atoms with Gasteiger partial charge < -0.3 is 4.43 Å². The maximum atomic E-state index is 12.1. The summed E-state index contributed by atoms with van der Waals surface area (Å²) >= 11 is 5.81. The van der Waals surface area contributed by atoms with Gasteiger partial charge in [-0.05, 0) is 42.9 Å². The summed E-state index contributed by atoms with van der Waals surface area (Å²) < 4.78 is 5.72. The Hall–Kier alpha value is -1.58. The normalized spacial score (nSPS) is 11.2. The first-order chi connectivity index (χ1) is 9.46. The van der Waals surface area contributed by atoms with Crippen molar-refractivity contribution in [1.82, 2.24) is 0 Å². The molecule has 0 amide bonds. The van der Waals surface area contributed by atoms with Crippen LogP contribution in [0.2, 0.25) is 18.1 Å². The fourth-order valence-electron chi connectivity index (χ4n) is 2.02. The molecular formula is C16H17ClO2Si. The van der Waals surface area contributed by atoms with Gasteiger partial charge in [0, 0.05) is 11.1 Å². The highest BCUT2D eigenvalue weighted by Crippen LogP contribution is 2.17. The van der Waals surface area contributed by atoms with Crippen LogP contribution in [0.15, 0.2) is 54.6 Å². The van der Waals surface area contributed by atoms with Crippen LogP contribution in [0.25, 0.3) is 0 Å². The van der Waals surface area contributed by atoms with E-state index < -0.39 is 8.32 Å². The Morgan fingerprint density at radius 1 is 1.05 bits per heavy atom. The van der Waals surface area contributed by atoms with Gasteiger partial charge in [-0.25, -0.2) is 4.79 Å². The van der Waals surface area contributed by atoms with Gasteiger partial charge in [-0.1, -0.05) is 41.9 Å². The summed E-state index contributed by atoms with van der Waals surface area (Å²) in [6.07, 6.45) is 0. The van der Waals surface area contributed by atoms with Crippen molar-refractivity contribution < 1.29 is 9.22 Å². The molecule has 2 rings (SSSR count). The van der Waals surface area contributed by atoms with E-state index in [-0.39, 0.29) is 5.97 Å². The number of benzene rings is 2. The van der Waals surface area contributed by atoms with E-state index in [1.165, 1.54) is 5.56 Å². The first-order valence-corrected chi connectivity index (χ1v) is 9.98. The number of rotatable bonds is 4. The number of hydrogen-bond acceptors (Lipinski definition) is 2. The molecule has 0 saturated carbocycles. The maximum Gasteiger partial charge on any atom is 0.324 e. The number of carbonyl (C=O) groups excluding carboxylic acids is 1. The molecule has 0 N–H and O–H groups in total. The van der Waals surface area contributed by atoms with Crippen molar-refractivity contribution in [3.63, 3.8) is 0 Å². The predicted octanol–water partition coefficient (Wildman–Crippen LogP) is 4.48. The monoisotopic (exact) mass is 304 g/mol. The minimum atomic E-state index is -2.09. The zero-order chi connectivity index (χ0) is 14.6. The first-order valence-electron chi connectivity index (χ1n) is 6.49. The van der Waals surface area contributed by atoms with Crippen LogP contribution in [0.3, 0.4) is 0 Å². The van der Waals surface area contributed by atoms with Gasteiger partial charge in [0.2, 0.25) is 0 Å². The third-order valence-corrected chi connectivity index (χ3v) is 5.17. The second kappa shape index (κ2) is 6.24. The highest BCUT2D eigenvalue weighted by molar-refractivity contribution is 6.72. The summed E-state index contributed by atoms with van der Waals surface area (Å²) in [6, 6.07) is 17.7. The van der Waals surface area contributed by atoms with Crippen molar-refractivity contribution in [1.29, 1.82) is 0 Å². The molecule has 0 aromatic heterocycles. The second-order valence-electron chi connectivity index (χ2n) is 5.32. The first kappa shape index (κ1) is 14.8. The summed E-state index contributed by atoms with van der Waals surface area (Å²) in [5.74, 6) is -0.269. The van der Waals surface area contributed by atoms with Crippen molar-refractivity contribution >= 4 is 25.9 Å². The summed E-state index contributed by atoms with van der Waals surface area (Å²) in [7, 11) is -2.09. The highest BCUT2D eigenvalue weighted by Gasteiger charge is 2.27. The van der Waals surface area contributed by atoms with Crippen LogP contribution < -0.4 is 0 Å². The summed E-state index contributed by atoms with van der Waals surface area (Å²) in [4.78, 5) is 12.1. The molecule has 0 spiro atoms. The van der Waals surface area contributed by atoms with E-state index in [1.54, 1.807) is 24.3 Å². The average Bonchev–Trinajstić information content (AvgIpc) is 2.39. The zero-order valence-corrected chi connectivity index (χ0v) is 13.4. The lowest BCUT2D eigenvalue weighted by Gasteiger charge is -2.23. The Morgan fingerprint density at radius 2 is 1.65 bits per heavy atom. The molecule has 0 atom stereocenters. The van der Waals surface area contributed by atoms with Gasteiger partial charge in [0.05, 0.1) is 5.56 Å². The van der Waals surface area contributed by atoms with E-state index in [1.807, 2.05) is 31.3 Å². The Kier molecular flexibility index (Phi) is 4.63. The molecule has 0 saturated heterocycles. The molecule has 2 aromatic carbocycles. The predicted molar refractivity (Wildman–Crippen MR) is 84.5 cm³/mol. The summed E-state index contributed by atoms with van der Waals surface area (Å²) in [5.41, 5.74) is 1.75. The Morgan fingerprint density at radius 3 is 2.25 bits per heavy atom. The third-order valence-electron chi connectivity index (χ3n) is 2.92. The van der Waals surface area contributed by atoms with Crippen LogP contribution in [0.4, 0.5) is 0 Å². The molecule has 104 valence electrons. The topological polar surface area (TPSA) is 26.3 Å². The second-order valence-corrected chi connectivity index (χ2v) is 9.83. The van der Waals surface area contributed by atoms with Gasteiger partial charge in [-0.15, -0.1) is 0 Å². The average molecular weight is 305 g/mol. The Balaban J connectivity index is 2.04. The van der Waals surface area contributed by atoms with Crippen LogP contribution in [-0.4, -0.2) is 14.3 Å². The lowest BCUT2D eigenvalue weighted by Crippen LogP contribution is -2.36. The lowest BCUT2D eigenvalue weighted by atomic mass is 10.2. The molecule has 0 unspecified atom stereocenters. The van der Waals surface area contributed by atoms with E-state index in [0.717, 1.165) is 6.04 Å². The molecular weight excluding hydrogens is 288 g/mol. The SMILES string of the molecule is C[Si](C)(Cc1ccccc1)OC(=O)c1ccc(Cl)cc1. The van der Waals surface area contributed by atoms with E-state index >= 15 is 0 Å². The molecule has 0 fully saturated rings.